The predicted molar refractivity (Wildman–Crippen MR) is 49.5 cm³/mol. The molecule has 0 fully saturated rings. The number of phenols is 1. The Hall–Kier alpha value is -2.28. The quantitative estimate of drug-likeness (QED) is 0.688. The van der Waals surface area contributed by atoms with Gasteiger partial charge in [0.2, 0.25) is 0 Å². The standard InChI is InChI=1S/C10H7NO3/c11-6-8-1-3-9(12)5-7(8)2-4-10(13)14/h1-5,12H,(H,13,14)/b4-2+. The fourth-order valence-corrected chi connectivity index (χ4v) is 0.951. The zero-order chi connectivity index (χ0) is 10.6. The summed E-state index contributed by atoms with van der Waals surface area (Å²) in [6.07, 6.45) is 2.18. The number of rotatable bonds is 2. The zero-order valence-corrected chi connectivity index (χ0v) is 7.14. The maximum atomic E-state index is 10.2. The lowest BCUT2D eigenvalue weighted by atomic mass is 10.1. The van der Waals surface area contributed by atoms with Gasteiger partial charge < -0.3 is 10.2 Å². The number of phenolic OH excluding ortho intramolecular Hbond substituents is 1. The van der Waals surface area contributed by atoms with E-state index in [1.165, 1.54) is 24.3 Å². The van der Waals surface area contributed by atoms with Crippen LogP contribution in [0, 0.1) is 11.3 Å². The number of hydrogen-bond donors (Lipinski definition) is 2. The first-order valence-corrected chi connectivity index (χ1v) is 3.77. The van der Waals surface area contributed by atoms with Crippen molar-refractivity contribution in [3.8, 4) is 11.8 Å². The average molecular weight is 189 g/mol. The van der Waals surface area contributed by atoms with E-state index in [2.05, 4.69) is 0 Å². The minimum absolute atomic E-state index is 0.00552. The highest BCUT2D eigenvalue weighted by Crippen LogP contribution is 2.17. The van der Waals surface area contributed by atoms with Gasteiger partial charge in [-0.1, -0.05) is 0 Å². The summed E-state index contributed by atoms with van der Waals surface area (Å²) in [5.74, 6) is -1.11. The molecule has 4 nitrogen and oxygen atoms in total. The first-order chi connectivity index (χ1) is 6.63. The second kappa shape index (κ2) is 4.10. The van der Waals surface area contributed by atoms with Crippen LogP contribution in [0.15, 0.2) is 24.3 Å². The molecule has 1 rings (SSSR count). The lowest BCUT2D eigenvalue weighted by Crippen LogP contribution is -1.87. The highest BCUT2D eigenvalue weighted by molar-refractivity contribution is 5.86. The van der Waals surface area contributed by atoms with Crippen molar-refractivity contribution in [2.75, 3.05) is 0 Å². The number of carboxylic acids is 1. The number of nitrogens with zero attached hydrogens (tertiary/aromatic N) is 1. The molecule has 0 aliphatic heterocycles. The van der Waals surface area contributed by atoms with E-state index in [1.807, 2.05) is 6.07 Å². The Kier molecular flexibility index (Phi) is 2.87. The largest absolute Gasteiger partial charge is 0.508 e. The Morgan fingerprint density at radius 1 is 1.50 bits per heavy atom. The van der Waals surface area contributed by atoms with E-state index in [-0.39, 0.29) is 5.75 Å². The molecule has 0 aliphatic carbocycles. The van der Waals surface area contributed by atoms with Crippen molar-refractivity contribution in [3.05, 3.63) is 35.4 Å². The van der Waals surface area contributed by atoms with Gasteiger partial charge in [-0.05, 0) is 29.8 Å². The van der Waals surface area contributed by atoms with Crippen molar-refractivity contribution in [1.82, 2.24) is 0 Å². The number of hydrogen-bond acceptors (Lipinski definition) is 3. The molecule has 0 amide bonds. The van der Waals surface area contributed by atoms with Gasteiger partial charge in [-0.15, -0.1) is 0 Å². The third kappa shape index (κ3) is 2.35. The van der Waals surface area contributed by atoms with E-state index in [0.717, 1.165) is 6.08 Å². The van der Waals surface area contributed by atoms with Crippen molar-refractivity contribution < 1.29 is 15.0 Å². The van der Waals surface area contributed by atoms with Crippen LogP contribution in [-0.2, 0) is 4.79 Å². The summed E-state index contributed by atoms with van der Waals surface area (Å²) in [4.78, 5) is 10.2. The van der Waals surface area contributed by atoms with Crippen molar-refractivity contribution in [3.63, 3.8) is 0 Å². The van der Waals surface area contributed by atoms with E-state index < -0.39 is 5.97 Å². The highest BCUT2D eigenvalue weighted by Gasteiger charge is 2.00. The van der Waals surface area contributed by atoms with Crippen LogP contribution in [0.2, 0.25) is 0 Å². The first-order valence-electron chi connectivity index (χ1n) is 3.77. The summed E-state index contributed by atoms with van der Waals surface area (Å²) in [6.45, 7) is 0. The maximum Gasteiger partial charge on any atom is 0.328 e. The van der Waals surface area contributed by atoms with Gasteiger partial charge in [0.1, 0.15) is 5.75 Å². The predicted octanol–water partition coefficient (Wildman–Crippen LogP) is 1.36. The second-order valence-electron chi connectivity index (χ2n) is 2.55. The molecular formula is C10H7NO3. The number of aromatic hydroxyl groups is 1. The van der Waals surface area contributed by atoms with Gasteiger partial charge in [-0.2, -0.15) is 5.26 Å². The fourth-order valence-electron chi connectivity index (χ4n) is 0.951. The molecule has 14 heavy (non-hydrogen) atoms. The van der Waals surface area contributed by atoms with Gasteiger partial charge in [-0.25, -0.2) is 4.79 Å². The molecular weight excluding hydrogens is 182 g/mol. The third-order valence-corrected chi connectivity index (χ3v) is 1.56. The monoisotopic (exact) mass is 189 g/mol. The van der Waals surface area contributed by atoms with Crippen LogP contribution in [0.4, 0.5) is 0 Å². The molecule has 1 aromatic carbocycles. The summed E-state index contributed by atoms with van der Waals surface area (Å²) in [5, 5.41) is 26.1. The minimum Gasteiger partial charge on any atom is -0.508 e. The molecule has 0 bridgehead atoms. The number of benzene rings is 1. The maximum absolute atomic E-state index is 10.2. The summed E-state index contributed by atoms with van der Waals surface area (Å²) in [5.41, 5.74) is 0.704. The minimum atomic E-state index is -1.10. The van der Waals surface area contributed by atoms with Gasteiger partial charge in [0.15, 0.2) is 0 Å². The van der Waals surface area contributed by atoms with E-state index in [4.69, 9.17) is 15.5 Å². The normalized spacial score (nSPS) is 9.93. The lowest BCUT2D eigenvalue weighted by Gasteiger charge is -1.97. The van der Waals surface area contributed by atoms with E-state index in [9.17, 15) is 4.79 Å². The topological polar surface area (TPSA) is 81.3 Å². The van der Waals surface area contributed by atoms with Crippen LogP contribution < -0.4 is 0 Å². The van der Waals surface area contributed by atoms with Crippen LogP contribution in [-0.4, -0.2) is 16.2 Å². The van der Waals surface area contributed by atoms with Gasteiger partial charge >= 0.3 is 5.97 Å². The molecule has 0 unspecified atom stereocenters. The Morgan fingerprint density at radius 2 is 2.21 bits per heavy atom. The van der Waals surface area contributed by atoms with Gasteiger partial charge in [0.25, 0.3) is 0 Å². The molecule has 1 aromatic rings. The molecule has 70 valence electrons. The Bertz CT molecular complexity index is 429. The second-order valence-corrected chi connectivity index (χ2v) is 2.55. The number of aliphatic carboxylic acids is 1. The number of carboxylic acid groups (broad SMARTS) is 1. The van der Waals surface area contributed by atoms with Crippen LogP contribution >= 0.6 is 0 Å². The Balaban J connectivity index is 3.13. The van der Waals surface area contributed by atoms with Gasteiger partial charge in [-0.3, -0.25) is 0 Å². The number of carbonyl (C=O) groups is 1. The molecule has 0 saturated heterocycles. The SMILES string of the molecule is N#Cc1ccc(O)cc1/C=C/C(=O)O. The molecule has 4 heteroatoms. The molecule has 0 spiro atoms. The molecule has 0 saturated carbocycles. The van der Waals surface area contributed by atoms with E-state index in [1.54, 1.807) is 0 Å². The fraction of sp³-hybridized carbons (Fsp3) is 0. The lowest BCUT2D eigenvalue weighted by molar-refractivity contribution is -0.131. The third-order valence-electron chi connectivity index (χ3n) is 1.56. The highest BCUT2D eigenvalue weighted by atomic mass is 16.4. The van der Waals surface area contributed by atoms with Gasteiger partial charge in [0.05, 0.1) is 11.6 Å². The molecule has 0 aromatic heterocycles. The van der Waals surface area contributed by atoms with E-state index in [0.29, 0.717) is 11.1 Å². The van der Waals surface area contributed by atoms with Crippen LogP contribution in [0.25, 0.3) is 6.08 Å². The van der Waals surface area contributed by atoms with Crippen molar-refractivity contribution in [2.45, 2.75) is 0 Å². The zero-order valence-electron chi connectivity index (χ0n) is 7.14. The summed E-state index contributed by atoms with van der Waals surface area (Å²) in [7, 11) is 0. The summed E-state index contributed by atoms with van der Waals surface area (Å²) < 4.78 is 0. The average Bonchev–Trinajstić information content (AvgIpc) is 2.15. The van der Waals surface area contributed by atoms with Crippen molar-refractivity contribution in [2.24, 2.45) is 0 Å². The molecule has 0 atom stereocenters. The first kappa shape index (κ1) is 9.81. The van der Waals surface area contributed by atoms with E-state index >= 15 is 0 Å². The Morgan fingerprint density at radius 3 is 2.79 bits per heavy atom. The summed E-state index contributed by atoms with van der Waals surface area (Å²) in [6, 6.07) is 6.02. The Labute approximate surface area is 80.3 Å². The van der Waals surface area contributed by atoms with Crippen LogP contribution in [0.3, 0.4) is 0 Å². The van der Waals surface area contributed by atoms with Crippen molar-refractivity contribution >= 4 is 12.0 Å². The van der Waals surface area contributed by atoms with Crippen LogP contribution in [0.1, 0.15) is 11.1 Å². The molecule has 2 N–H and O–H groups in total. The molecule has 0 radical (unpaired) electrons. The van der Waals surface area contributed by atoms with Crippen LogP contribution in [0.5, 0.6) is 5.75 Å². The smallest absolute Gasteiger partial charge is 0.328 e. The van der Waals surface area contributed by atoms with Gasteiger partial charge in [0, 0.05) is 6.08 Å². The summed E-state index contributed by atoms with van der Waals surface area (Å²) >= 11 is 0. The molecule has 0 aliphatic rings. The number of nitriles is 1. The van der Waals surface area contributed by atoms with Crippen molar-refractivity contribution in [1.29, 1.82) is 5.26 Å². The molecule has 0 heterocycles.